The van der Waals surface area contributed by atoms with Gasteiger partial charge in [0, 0.05) is 18.7 Å². The molecule has 0 amide bonds. The first-order valence-corrected chi connectivity index (χ1v) is 5.01. The van der Waals surface area contributed by atoms with Gasteiger partial charge in [-0.15, -0.1) is 0 Å². The SMILES string of the molecule is Cc1cnc(N)c(C(=O)CCC(C)N)c1. The van der Waals surface area contributed by atoms with Crippen molar-refractivity contribution < 1.29 is 4.79 Å². The molecule has 0 aliphatic carbocycles. The maximum Gasteiger partial charge on any atom is 0.166 e. The predicted molar refractivity (Wildman–Crippen MR) is 60.6 cm³/mol. The number of anilines is 1. The van der Waals surface area contributed by atoms with Crippen LogP contribution in [0.15, 0.2) is 12.3 Å². The van der Waals surface area contributed by atoms with E-state index in [1.807, 2.05) is 13.8 Å². The van der Waals surface area contributed by atoms with Crippen LogP contribution in [0.1, 0.15) is 35.7 Å². The van der Waals surface area contributed by atoms with Gasteiger partial charge in [-0.1, -0.05) is 0 Å². The number of aromatic nitrogens is 1. The Morgan fingerprint density at radius 1 is 1.60 bits per heavy atom. The van der Waals surface area contributed by atoms with Crippen LogP contribution in [0.2, 0.25) is 0 Å². The standard InChI is InChI=1S/C11H17N3O/c1-7-5-9(11(13)14-6-7)10(15)4-3-8(2)12/h5-6,8H,3-4,12H2,1-2H3,(H2,13,14). The van der Waals surface area contributed by atoms with E-state index in [2.05, 4.69) is 4.98 Å². The number of carbonyl (C=O) groups is 1. The number of aryl methyl sites for hydroxylation is 1. The maximum absolute atomic E-state index is 11.7. The first-order chi connectivity index (χ1) is 7.00. The number of Topliss-reactive ketones (excluding diaryl/α,β-unsaturated/α-hetero) is 1. The second kappa shape index (κ2) is 4.89. The average Bonchev–Trinajstić information content (AvgIpc) is 2.18. The van der Waals surface area contributed by atoms with Crippen LogP contribution in [0.5, 0.6) is 0 Å². The van der Waals surface area contributed by atoms with E-state index < -0.39 is 0 Å². The minimum absolute atomic E-state index is 0.0148. The van der Waals surface area contributed by atoms with Crippen LogP contribution in [-0.4, -0.2) is 16.8 Å². The summed E-state index contributed by atoms with van der Waals surface area (Å²) < 4.78 is 0. The van der Waals surface area contributed by atoms with Crippen molar-refractivity contribution in [2.24, 2.45) is 5.73 Å². The topological polar surface area (TPSA) is 82.0 Å². The fourth-order valence-electron chi connectivity index (χ4n) is 1.30. The molecule has 0 aliphatic rings. The van der Waals surface area contributed by atoms with Gasteiger partial charge in [-0.05, 0) is 31.9 Å². The summed E-state index contributed by atoms with van der Waals surface area (Å²) in [6, 6.07) is 1.80. The molecule has 4 N–H and O–H groups in total. The second-order valence-corrected chi connectivity index (χ2v) is 3.88. The smallest absolute Gasteiger partial charge is 0.166 e. The molecule has 1 heterocycles. The molecule has 0 fully saturated rings. The number of rotatable bonds is 4. The molecule has 4 heteroatoms. The van der Waals surface area contributed by atoms with E-state index in [1.54, 1.807) is 12.3 Å². The maximum atomic E-state index is 11.7. The van der Waals surface area contributed by atoms with Gasteiger partial charge in [0.2, 0.25) is 0 Å². The fraction of sp³-hybridized carbons (Fsp3) is 0.455. The van der Waals surface area contributed by atoms with Gasteiger partial charge in [0.1, 0.15) is 5.82 Å². The van der Waals surface area contributed by atoms with Crippen molar-refractivity contribution in [1.29, 1.82) is 0 Å². The molecule has 1 aromatic rings. The molecule has 0 aromatic carbocycles. The number of hydrogen-bond donors (Lipinski definition) is 2. The average molecular weight is 207 g/mol. The summed E-state index contributed by atoms with van der Waals surface area (Å²) >= 11 is 0. The van der Waals surface area contributed by atoms with Gasteiger partial charge in [-0.3, -0.25) is 4.79 Å². The Morgan fingerprint density at radius 2 is 2.27 bits per heavy atom. The summed E-state index contributed by atoms with van der Waals surface area (Å²) in [6.07, 6.45) is 2.75. The molecule has 1 unspecified atom stereocenters. The number of nitrogen functional groups attached to an aromatic ring is 1. The lowest BCUT2D eigenvalue weighted by molar-refractivity contribution is 0.0978. The third kappa shape index (κ3) is 3.32. The van der Waals surface area contributed by atoms with Crippen LogP contribution in [0.25, 0.3) is 0 Å². The lowest BCUT2D eigenvalue weighted by Gasteiger charge is -2.06. The van der Waals surface area contributed by atoms with Crippen molar-refractivity contribution in [1.82, 2.24) is 4.98 Å². The van der Waals surface area contributed by atoms with Gasteiger partial charge < -0.3 is 11.5 Å². The third-order valence-electron chi connectivity index (χ3n) is 2.18. The largest absolute Gasteiger partial charge is 0.383 e. The van der Waals surface area contributed by atoms with Gasteiger partial charge in [0.05, 0.1) is 5.56 Å². The third-order valence-corrected chi connectivity index (χ3v) is 2.18. The fourth-order valence-corrected chi connectivity index (χ4v) is 1.30. The molecule has 1 atom stereocenters. The van der Waals surface area contributed by atoms with Gasteiger partial charge in [-0.25, -0.2) is 4.98 Å². The summed E-state index contributed by atoms with van der Waals surface area (Å²) in [6.45, 7) is 3.76. The molecule has 1 rings (SSSR count). The van der Waals surface area contributed by atoms with E-state index in [-0.39, 0.29) is 11.8 Å². The Labute approximate surface area is 89.7 Å². The summed E-state index contributed by atoms with van der Waals surface area (Å²) in [5.74, 6) is 0.316. The molecule has 0 spiro atoms. The Balaban J connectivity index is 2.77. The molecule has 4 nitrogen and oxygen atoms in total. The summed E-state index contributed by atoms with van der Waals surface area (Å²) in [5.41, 5.74) is 12.7. The van der Waals surface area contributed by atoms with E-state index in [9.17, 15) is 4.79 Å². The zero-order valence-corrected chi connectivity index (χ0v) is 9.16. The highest BCUT2D eigenvalue weighted by atomic mass is 16.1. The van der Waals surface area contributed by atoms with Crippen LogP contribution in [-0.2, 0) is 0 Å². The summed E-state index contributed by atoms with van der Waals surface area (Å²) in [5, 5.41) is 0. The lowest BCUT2D eigenvalue weighted by atomic mass is 10.0. The highest BCUT2D eigenvalue weighted by molar-refractivity contribution is 6.00. The molecule has 0 bridgehead atoms. The van der Waals surface area contributed by atoms with Crippen LogP contribution in [0.3, 0.4) is 0 Å². The zero-order valence-electron chi connectivity index (χ0n) is 9.16. The lowest BCUT2D eigenvalue weighted by Crippen LogP contribution is -2.17. The minimum atomic E-state index is 0.0148. The second-order valence-electron chi connectivity index (χ2n) is 3.88. The Hall–Kier alpha value is -1.42. The number of nitrogens with two attached hydrogens (primary N) is 2. The van der Waals surface area contributed by atoms with Crippen LogP contribution < -0.4 is 11.5 Å². The Morgan fingerprint density at radius 3 is 2.87 bits per heavy atom. The molecule has 0 radical (unpaired) electrons. The van der Waals surface area contributed by atoms with Crippen LogP contribution in [0, 0.1) is 6.92 Å². The Kier molecular flexibility index (Phi) is 3.80. The predicted octanol–water partition coefficient (Wildman–Crippen LogP) is 1.28. The van der Waals surface area contributed by atoms with Crippen LogP contribution >= 0.6 is 0 Å². The molecule has 82 valence electrons. The summed E-state index contributed by atoms with van der Waals surface area (Å²) in [7, 11) is 0. The number of ketones is 1. The van der Waals surface area contributed by atoms with Crippen molar-refractivity contribution in [3.05, 3.63) is 23.4 Å². The van der Waals surface area contributed by atoms with Gasteiger partial charge in [0.15, 0.2) is 5.78 Å². The monoisotopic (exact) mass is 207 g/mol. The van der Waals surface area contributed by atoms with E-state index in [0.717, 1.165) is 5.56 Å². The number of nitrogens with zero attached hydrogens (tertiary/aromatic N) is 1. The molecule has 0 saturated heterocycles. The summed E-state index contributed by atoms with van der Waals surface area (Å²) in [4.78, 5) is 15.7. The highest BCUT2D eigenvalue weighted by Crippen LogP contribution is 2.14. The Bertz CT molecular complexity index is 361. The molecule has 0 aliphatic heterocycles. The van der Waals surface area contributed by atoms with Crippen molar-refractivity contribution in [2.75, 3.05) is 5.73 Å². The van der Waals surface area contributed by atoms with E-state index >= 15 is 0 Å². The first-order valence-electron chi connectivity index (χ1n) is 5.01. The molecule has 15 heavy (non-hydrogen) atoms. The zero-order chi connectivity index (χ0) is 11.4. The normalized spacial score (nSPS) is 12.5. The number of pyridine rings is 1. The number of hydrogen-bond acceptors (Lipinski definition) is 4. The molecule has 0 saturated carbocycles. The van der Waals surface area contributed by atoms with Crippen molar-refractivity contribution >= 4 is 11.6 Å². The van der Waals surface area contributed by atoms with E-state index in [0.29, 0.717) is 24.2 Å². The minimum Gasteiger partial charge on any atom is -0.383 e. The molecule has 1 aromatic heterocycles. The van der Waals surface area contributed by atoms with Crippen LogP contribution in [0.4, 0.5) is 5.82 Å². The van der Waals surface area contributed by atoms with Crippen molar-refractivity contribution in [3.8, 4) is 0 Å². The molecular formula is C11H17N3O. The number of carbonyl (C=O) groups excluding carboxylic acids is 1. The van der Waals surface area contributed by atoms with Gasteiger partial charge in [-0.2, -0.15) is 0 Å². The van der Waals surface area contributed by atoms with Crippen molar-refractivity contribution in [2.45, 2.75) is 32.7 Å². The quantitative estimate of drug-likeness (QED) is 0.729. The first kappa shape index (κ1) is 11.7. The highest BCUT2D eigenvalue weighted by Gasteiger charge is 2.11. The molecular weight excluding hydrogens is 190 g/mol. The van der Waals surface area contributed by atoms with E-state index in [4.69, 9.17) is 11.5 Å². The van der Waals surface area contributed by atoms with Gasteiger partial charge >= 0.3 is 0 Å². The van der Waals surface area contributed by atoms with E-state index in [1.165, 1.54) is 0 Å². The van der Waals surface area contributed by atoms with Gasteiger partial charge in [0.25, 0.3) is 0 Å². The van der Waals surface area contributed by atoms with Crippen molar-refractivity contribution in [3.63, 3.8) is 0 Å².